The molecule has 0 unspecified atom stereocenters. The minimum atomic E-state index is -0.0275. The highest BCUT2D eigenvalue weighted by Gasteiger charge is 2.11. The quantitative estimate of drug-likeness (QED) is 0.714. The molecule has 0 atom stereocenters. The Bertz CT molecular complexity index is 710. The standard InChI is InChI=1S/C20H27N5O/c1-2-21-18-10-12-22-19(24-18)16-6-8-17(9-7-16)20(26)23-11-5-15-25-13-3-4-14-25/h6-10,12H,2-5,11,13-15H2,1H3,(H,23,26)(H,21,22,24). The van der Waals surface area contributed by atoms with Gasteiger partial charge in [0.25, 0.3) is 5.91 Å². The fraction of sp³-hybridized carbons (Fsp3) is 0.450. The molecule has 2 N–H and O–H groups in total. The highest BCUT2D eigenvalue weighted by atomic mass is 16.1. The van der Waals surface area contributed by atoms with Gasteiger partial charge in [0.1, 0.15) is 5.82 Å². The van der Waals surface area contributed by atoms with Gasteiger partial charge in [0.15, 0.2) is 5.82 Å². The van der Waals surface area contributed by atoms with E-state index in [1.54, 1.807) is 6.20 Å². The van der Waals surface area contributed by atoms with Gasteiger partial charge in [-0.25, -0.2) is 9.97 Å². The van der Waals surface area contributed by atoms with Gasteiger partial charge in [-0.3, -0.25) is 4.79 Å². The van der Waals surface area contributed by atoms with Crippen LogP contribution in [0.3, 0.4) is 0 Å². The molecule has 6 heteroatoms. The molecule has 0 saturated carbocycles. The number of hydrogen-bond acceptors (Lipinski definition) is 5. The zero-order valence-electron chi connectivity index (χ0n) is 15.4. The van der Waals surface area contributed by atoms with Gasteiger partial charge in [-0.1, -0.05) is 12.1 Å². The van der Waals surface area contributed by atoms with Crippen molar-refractivity contribution in [3.05, 3.63) is 42.1 Å². The summed E-state index contributed by atoms with van der Waals surface area (Å²) >= 11 is 0. The third kappa shape index (κ3) is 5.02. The second-order valence-corrected chi connectivity index (χ2v) is 6.53. The van der Waals surface area contributed by atoms with E-state index in [1.165, 1.54) is 25.9 Å². The van der Waals surface area contributed by atoms with Crippen LogP contribution in [0.15, 0.2) is 36.5 Å². The number of benzene rings is 1. The number of carbonyl (C=O) groups is 1. The van der Waals surface area contributed by atoms with Crippen molar-refractivity contribution in [2.75, 3.05) is 38.0 Å². The second-order valence-electron chi connectivity index (χ2n) is 6.53. The predicted octanol–water partition coefficient (Wildman–Crippen LogP) is 2.79. The topological polar surface area (TPSA) is 70.2 Å². The van der Waals surface area contributed by atoms with E-state index in [0.29, 0.717) is 17.9 Å². The third-order valence-corrected chi connectivity index (χ3v) is 4.55. The monoisotopic (exact) mass is 353 g/mol. The molecule has 1 fully saturated rings. The molecule has 26 heavy (non-hydrogen) atoms. The largest absolute Gasteiger partial charge is 0.370 e. The lowest BCUT2D eigenvalue weighted by atomic mass is 10.1. The fourth-order valence-electron chi connectivity index (χ4n) is 3.16. The number of likely N-dealkylation sites (tertiary alicyclic amines) is 1. The van der Waals surface area contributed by atoms with Crippen LogP contribution in [0.4, 0.5) is 5.82 Å². The van der Waals surface area contributed by atoms with E-state index in [1.807, 2.05) is 37.3 Å². The summed E-state index contributed by atoms with van der Waals surface area (Å²) in [6.07, 6.45) is 5.34. The van der Waals surface area contributed by atoms with E-state index in [4.69, 9.17) is 0 Å². The first kappa shape index (κ1) is 18.3. The van der Waals surface area contributed by atoms with Crippen molar-refractivity contribution < 1.29 is 4.79 Å². The second kappa shape index (κ2) is 9.29. The first-order valence-corrected chi connectivity index (χ1v) is 9.44. The molecule has 3 rings (SSSR count). The first-order valence-electron chi connectivity index (χ1n) is 9.44. The van der Waals surface area contributed by atoms with Crippen molar-refractivity contribution in [1.82, 2.24) is 20.2 Å². The van der Waals surface area contributed by atoms with Crippen molar-refractivity contribution in [2.24, 2.45) is 0 Å². The maximum Gasteiger partial charge on any atom is 0.251 e. The lowest BCUT2D eigenvalue weighted by Crippen LogP contribution is -2.28. The molecule has 1 aliphatic rings. The number of aromatic nitrogens is 2. The van der Waals surface area contributed by atoms with Crippen LogP contribution in [0.5, 0.6) is 0 Å². The molecular formula is C20H27N5O. The maximum absolute atomic E-state index is 12.3. The number of hydrogen-bond donors (Lipinski definition) is 2. The molecule has 6 nitrogen and oxygen atoms in total. The van der Waals surface area contributed by atoms with Crippen LogP contribution in [0.25, 0.3) is 11.4 Å². The zero-order chi connectivity index (χ0) is 18.2. The van der Waals surface area contributed by atoms with Gasteiger partial charge in [-0.05, 0) is 64.0 Å². The van der Waals surface area contributed by atoms with Gasteiger partial charge >= 0.3 is 0 Å². The fourth-order valence-corrected chi connectivity index (χ4v) is 3.16. The van der Waals surface area contributed by atoms with E-state index >= 15 is 0 Å². The lowest BCUT2D eigenvalue weighted by Gasteiger charge is -2.14. The molecule has 0 spiro atoms. The molecule has 1 amide bonds. The third-order valence-electron chi connectivity index (χ3n) is 4.55. The Morgan fingerprint density at radius 3 is 2.65 bits per heavy atom. The number of nitrogens with one attached hydrogen (secondary N) is 2. The van der Waals surface area contributed by atoms with Crippen molar-refractivity contribution in [1.29, 1.82) is 0 Å². The molecule has 138 valence electrons. The summed E-state index contributed by atoms with van der Waals surface area (Å²) < 4.78 is 0. The summed E-state index contributed by atoms with van der Waals surface area (Å²) in [4.78, 5) is 23.5. The molecule has 1 saturated heterocycles. The number of nitrogens with zero attached hydrogens (tertiary/aromatic N) is 3. The average Bonchev–Trinajstić information content (AvgIpc) is 3.19. The molecule has 0 aliphatic carbocycles. The number of carbonyl (C=O) groups excluding carboxylic acids is 1. The molecule has 1 aromatic heterocycles. The Morgan fingerprint density at radius 1 is 1.15 bits per heavy atom. The van der Waals surface area contributed by atoms with Crippen molar-refractivity contribution in [3.8, 4) is 11.4 Å². The maximum atomic E-state index is 12.3. The van der Waals surface area contributed by atoms with Crippen LogP contribution in [0.2, 0.25) is 0 Å². The minimum Gasteiger partial charge on any atom is -0.370 e. The van der Waals surface area contributed by atoms with E-state index in [0.717, 1.165) is 30.9 Å². The van der Waals surface area contributed by atoms with Gasteiger partial charge in [0, 0.05) is 30.4 Å². The molecular weight excluding hydrogens is 326 g/mol. The summed E-state index contributed by atoms with van der Waals surface area (Å²) in [6, 6.07) is 9.29. The van der Waals surface area contributed by atoms with E-state index in [9.17, 15) is 4.79 Å². The smallest absolute Gasteiger partial charge is 0.251 e. The lowest BCUT2D eigenvalue weighted by molar-refractivity contribution is 0.0952. The molecule has 2 aromatic rings. The summed E-state index contributed by atoms with van der Waals surface area (Å²) in [7, 11) is 0. The van der Waals surface area contributed by atoms with Crippen molar-refractivity contribution in [3.63, 3.8) is 0 Å². The van der Waals surface area contributed by atoms with Crippen LogP contribution in [-0.2, 0) is 0 Å². The molecule has 0 bridgehead atoms. The Kier molecular flexibility index (Phi) is 6.55. The highest BCUT2D eigenvalue weighted by molar-refractivity contribution is 5.94. The van der Waals surface area contributed by atoms with Gasteiger partial charge in [-0.2, -0.15) is 0 Å². The first-order chi connectivity index (χ1) is 12.8. The Labute approximate surface area is 155 Å². The zero-order valence-corrected chi connectivity index (χ0v) is 15.4. The van der Waals surface area contributed by atoms with Crippen LogP contribution < -0.4 is 10.6 Å². The van der Waals surface area contributed by atoms with Crippen LogP contribution in [0, 0.1) is 0 Å². The Hall–Kier alpha value is -2.47. The number of anilines is 1. The Morgan fingerprint density at radius 2 is 1.92 bits per heavy atom. The van der Waals surface area contributed by atoms with E-state index in [-0.39, 0.29) is 5.91 Å². The van der Waals surface area contributed by atoms with E-state index in [2.05, 4.69) is 25.5 Å². The highest BCUT2D eigenvalue weighted by Crippen LogP contribution is 2.17. The minimum absolute atomic E-state index is 0.0275. The predicted molar refractivity (Wildman–Crippen MR) is 104 cm³/mol. The molecule has 1 aliphatic heterocycles. The van der Waals surface area contributed by atoms with Gasteiger partial charge < -0.3 is 15.5 Å². The van der Waals surface area contributed by atoms with Crippen LogP contribution in [-0.4, -0.2) is 53.5 Å². The van der Waals surface area contributed by atoms with Crippen molar-refractivity contribution in [2.45, 2.75) is 26.2 Å². The van der Waals surface area contributed by atoms with Crippen LogP contribution >= 0.6 is 0 Å². The number of amides is 1. The molecule has 1 aromatic carbocycles. The van der Waals surface area contributed by atoms with Gasteiger partial charge in [0.2, 0.25) is 0 Å². The Balaban J connectivity index is 1.51. The number of rotatable bonds is 8. The average molecular weight is 353 g/mol. The summed E-state index contributed by atoms with van der Waals surface area (Å²) in [5, 5.41) is 6.18. The summed E-state index contributed by atoms with van der Waals surface area (Å²) in [6.45, 7) is 7.02. The van der Waals surface area contributed by atoms with Crippen LogP contribution in [0.1, 0.15) is 36.5 Å². The SMILES string of the molecule is CCNc1ccnc(-c2ccc(C(=O)NCCCN3CCCC3)cc2)n1. The van der Waals surface area contributed by atoms with E-state index < -0.39 is 0 Å². The summed E-state index contributed by atoms with van der Waals surface area (Å²) in [5.74, 6) is 1.43. The van der Waals surface area contributed by atoms with Crippen molar-refractivity contribution >= 4 is 11.7 Å². The van der Waals surface area contributed by atoms with Gasteiger partial charge in [-0.15, -0.1) is 0 Å². The summed E-state index contributed by atoms with van der Waals surface area (Å²) in [5.41, 5.74) is 1.56. The normalized spacial score (nSPS) is 14.3. The molecule has 0 radical (unpaired) electrons. The molecule has 2 heterocycles. The van der Waals surface area contributed by atoms with Gasteiger partial charge in [0.05, 0.1) is 0 Å².